The smallest absolute Gasteiger partial charge is 0.255 e. The number of halogens is 1. The van der Waals surface area contributed by atoms with Crippen LogP contribution in [0.2, 0.25) is 5.15 Å². The molecule has 0 aliphatic heterocycles. The topological polar surface area (TPSA) is 42.0 Å². The monoisotopic (exact) mass is 260 g/mol. The number of rotatable bonds is 2. The fourth-order valence-electron chi connectivity index (χ4n) is 1.67. The Labute approximate surface area is 111 Å². The van der Waals surface area contributed by atoms with Crippen molar-refractivity contribution in [3.8, 4) is 0 Å². The normalized spacial score (nSPS) is 10.2. The molecular formula is C14H13ClN2O. The van der Waals surface area contributed by atoms with Crippen molar-refractivity contribution in [2.75, 3.05) is 5.32 Å². The molecule has 2 aromatic rings. The second-order valence-electron chi connectivity index (χ2n) is 4.09. The summed E-state index contributed by atoms with van der Waals surface area (Å²) in [5.41, 5.74) is 3.16. The second-order valence-corrected chi connectivity index (χ2v) is 4.48. The highest BCUT2D eigenvalue weighted by molar-refractivity contribution is 6.29. The number of nitrogens with one attached hydrogen (secondary N) is 1. The number of hydrogen-bond donors (Lipinski definition) is 1. The van der Waals surface area contributed by atoms with Crippen molar-refractivity contribution in [2.45, 2.75) is 13.8 Å². The molecule has 0 atom stereocenters. The van der Waals surface area contributed by atoms with Crippen LogP contribution in [0.3, 0.4) is 0 Å². The summed E-state index contributed by atoms with van der Waals surface area (Å²) in [5, 5.41) is 3.25. The molecule has 1 aromatic heterocycles. The van der Waals surface area contributed by atoms with E-state index in [9.17, 15) is 4.79 Å². The minimum atomic E-state index is -0.139. The lowest BCUT2D eigenvalue weighted by atomic mass is 10.1. The van der Waals surface area contributed by atoms with E-state index in [0.717, 1.165) is 11.1 Å². The molecule has 0 aliphatic carbocycles. The predicted octanol–water partition coefficient (Wildman–Crippen LogP) is 3.60. The molecule has 0 aliphatic rings. The summed E-state index contributed by atoms with van der Waals surface area (Å²) in [7, 11) is 0. The van der Waals surface area contributed by atoms with E-state index in [1.54, 1.807) is 18.3 Å². The number of benzene rings is 1. The fraction of sp³-hybridized carbons (Fsp3) is 0.143. The standard InChI is InChI=1S/C14H13ClN2O/c1-9-5-3-4-6-11(9)14(18)17-12-8-16-13(15)7-10(12)2/h3-8H,1-2H3,(H,17,18). The van der Waals surface area contributed by atoms with E-state index < -0.39 is 0 Å². The molecule has 1 amide bonds. The van der Waals surface area contributed by atoms with Crippen molar-refractivity contribution in [3.63, 3.8) is 0 Å². The highest BCUT2D eigenvalue weighted by Gasteiger charge is 2.10. The third kappa shape index (κ3) is 2.68. The molecule has 0 bridgehead atoms. The van der Waals surface area contributed by atoms with Gasteiger partial charge in [-0.3, -0.25) is 4.79 Å². The number of pyridine rings is 1. The summed E-state index contributed by atoms with van der Waals surface area (Å²) in [6.45, 7) is 3.78. The Morgan fingerprint density at radius 1 is 1.22 bits per heavy atom. The molecule has 3 nitrogen and oxygen atoms in total. The van der Waals surface area contributed by atoms with Crippen molar-refractivity contribution in [2.24, 2.45) is 0 Å². The van der Waals surface area contributed by atoms with Crippen LogP contribution in [0.1, 0.15) is 21.5 Å². The van der Waals surface area contributed by atoms with E-state index in [1.165, 1.54) is 0 Å². The van der Waals surface area contributed by atoms with Gasteiger partial charge in [0.1, 0.15) is 5.15 Å². The largest absolute Gasteiger partial charge is 0.320 e. The van der Waals surface area contributed by atoms with Crippen LogP contribution >= 0.6 is 11.6 Å². The molecule has 92 valence electrons. The molecule has 1 aromatic carbocycles. The summed E-state index contributed by atoms with van der Waals surface area (Å²) in [4.78, 5) is 16.1. The molecule has 0 fully saturated rings. The van der Waals surface area contributed by atoms with Crippen LogP contribution in [-0.2, 0) is 0 Å². The molecule has 0 radical (unpaired) electrons. The maximum absolute atomic E-state index is 12.1. The Balaban J connectivity index is 2.24. The van der Waals surface area contributed by atoms with Crippen LogP contribution in [0.5, 0.6) is 0 Å². The van der Waals surface area contributed by atoms with Crippen molar-refractivity contribution in [3.05, 3.63) is 58.4 Å². The first kappa shape index (κ1) is 12.6. The minimum absolute atomic E-state index is 0.139. The Hall–Kier alpha value is -1.87. The minimum Gasteiger partial charge on any atom is -0.320 e. The SMILES string of the molecule is Cc1cc(Cl)ncc1NC(=O)c1ccccc1C. The average Bonchev–Trinajstić information content (AvgIpc) is 2.33. The van der Waals surface area contributed by atoms with E-state index in [-0.39, 0.29) is 5.91 Å². The lowest BCUT2D eigenvalue weighted by molar-refractivity contribution is 0.102. The zero-order valence-electron chi connectivity index (χ0n) is 10.2. The highest BCUT2D eigenvalue weighted by Crippen LogP contribution is 2.18. The van der Waals surface area contributed by atoms with Gasteiger partial charge in [0, 0.05) is 5.56 Å². The molecule has 0 saturated heterocycles. The Bertz CT molecular complexity index is 596. The molecule has 0 spiro atoms. The van der Waals surface area contributed by atoms with Gasteiger partial charge in [0.05, 0.1) is 11.9 Å². The van der Waals surface area contributed by atoms with Crippen LogP contribution in [0.15, 0.2) is 36.5 Å². The molecular weight excluding hydrogens is 248 g/mol. The summed E-state index contributed by atoms with van der Waals surface area (Å²) >= 11 is 5.77. The summed E-state index contributed by atoms with van der Waals surface area (Å²) in [6, 6.07) is 9.16. The number of aromatic nitrogens is 1. The molecule has 4 heteroatoms. The number of carbonyl (C=O) groups excluding carboxylic acids is 1. The number of hydrogen-bond acceptors (Lipinski definition) is 2. The third-order valence-corrected chi connectivity index (χ3v) is 2.92. The summed E-state index contributed by atoms with van der Waals surface area (Å²) < 4.78 is 0. The van der Waals surface area contributed by atoms with Gasteiger partial charge in [0.2, 0.25) is 0 Å². The van der Waals surface area contributed by atoms with E-state index in [1.807, 2.05) is 32.0 Å². The van der Waals surface area contributed by atoms with Crippen LogP contribution in [-0.4, -0.2) is 10.9 Å². The Morgan fingerprint density at radius 3 is 2.61 bits per heavy atom. The summed E-state index contributed by atoms with van der Waals surface area (Å²) in [5.74, 6) is -0.139. The molecule has 18 heavy (non-hydrogen) atoms. The van der Waals surface area contributed by atoms with Gasteiger partial charge in [-0.15, -0.1) is 0 Å². The zero-order chi connectivity index (χ0) is 13.1. The fourth-order valence-corrected chi connectivity index (χ4v) is 1.88. The average molecular weight is 261 g/mol. The highest BCUT2D eigenvalue weighted by atomic mass is 35.5. The lowest BCUT2D eigenvalue weighted by Gasteiger charge is -2.09. The van der Waals surface area contributed by atoms with E-state index in [0.29, 0.717) is 16.4 Å². The molecule has 2 rings (SSSR count). The van der Waals surface area contributed by atoms with Crippen LogP contribution < -0.4 is 5.32 Å². The molecule has 1 heterocycles. The third-order valence-electron chi connectivity index (χ3n) is 2.72. The van der Waals surface area contributed by atoms with Crippen LogP contribution in [0.4, 0.5) is 5.69 Å². The van der Waals surface area contributed by atoms with E-state index in [4.69, 9.17) is 11.6 Å². The number of aryl methyl sites for hydroxylation is 2. The van der Waals surface area contributed by atoms with Gasteiger partial charge >= 0.3 is 0 Å². The van der Waals surface area contributed by atoms with Crippen molar-refractivity contribution < 1.29 is 4.79 Å². The van der Waals surface area contributed by atoms with Gasteiger partial charge in [-0.1, -0.05) is 29.8 Å². The van der Waals surface area contributed by atoms with Gasteiger partial charge in [0.25, 0.3) is 5.91 Å². The first-order valence-electron chi connectivity index (χ1n) is 5.57. The van der Waals surface area contributed by atoms with Crippen LogP contribution in [0, 0.1) is 13.8 Å². The number of carbonyl (C=O) groups is 1. The predicted molar refractivity (Wildman–Crippen MR) is 73.1 cm³/mol. The molecule has 1 N–H and O–H groups in total. The van der Waals surface area contributed by atoms with Gasteiger partial charge in [-0.2, -0.15) is 0 Å². The lowest BCUT2D eigenvalue weighted by Crippen LogP contribution is -2.14. The van der Waals surface area contributed by atoms with Crippen molar-refractivity contribution >= 4 is 23.2 Å². The number of amides is 1. The second kappa shape index (κ2) is 5.19. The number of nitrogens with zero attached hydrogens (tertiary/aromatic N) is 1. The molecule has 0 unspecified atom stereocenters. The number of anilines is 1. The Morgan fingerprint density at radius 2 is 1.94 bits per heavy atom. The van der Waals surface area contributed by atoms with E-state index >= 15 is 0 Å². The first-order valence-corrected chi connectivity index (χ1v) is 5.95. The van der Waals surface area contributed by atoms with Crippen molar-refractivity contribution in [1.82, 2.24) is 4.98 Å². The Kier molecular flexibility index (Phi) is 3.63. The van der Waals surface area contributed by atoms with Gasteiger partial charge in [-0.05, 0) is 37.1 Å². The quantitative estimate of drug-likeness (QED) is 0.839. The molecule has 0 saturated carbocycles. The van der Waals surface area contributed by atoms with Crippen LogP contribution in [0.25, 0.3) is 0 Å². The van der Waals surface area contributed by atoms with Gasteiger partial charge < -0.3 is 5.32 Å². The van der Waals surface area contributed by atoms with E-state index in [2.05, 4.69) is 10.3 Å². The van der Waals surface area contributed by atoms with Gasteiger partial charge in [0.15, 0.2) is 0 Å². The maximum atomic E-state index is 12.1. The zero-order valence-corrected chi connectivity index (χ0v) is 11.0. The van der Waals surface area contributed by atoms with Gasteiger partial charge in [-0.25, -0.2) is 4.98 Å². The summed E-state index contributed by atoms with van der Waals surface area (Å²) in [6.07, 6.45) is 1.56. The first-order chi connectivity index (χ1) is 8.58. The van der Waals surface area contributed by atoms with Crippen molar-refractivity contribution in [1.29, 1.82) is 0 Å². The maximum Gasteiger partial charge on any atom is 0.255 e.